The summed E-state index contributed by atoms with van der Waals surface area (Å²) in [5.41, 5.74) is 0. The minimum atomic E-state index is -3.68. The van der Waals surface area contributed by atoms with E-state index in [1.165, 1.54) is 63.5 Å². The van der Waals surface area contributed by atoms with Crippen LogP contribution in [-0.2, 0) is 32.8 Å². The van der Waals surface area contributed by atoms with Crippen LogP contribution in [0.1, 0.15) is 89.9 Å². The van der Waals surface area contributed by atoms with E-state index in [-0.39, 0.29) is 29.5 Å². The Labute approximate surface area is 268 Å². The van der Waals surface area contributed by atoms with E-state index in [0.717, 1.165) is 30.2 Å². The lowest BCUT2D eigenvalue weighted by Crippen LogP contribution is -2.23. The van der Waals surface area contributed by atoms with Crippen LogP contribution in [0.4, 0.5) is 0 Å². The molecule has 0 amide bonds. The molecule has 3 saturated carbocycles. The predicted octanol–water partition coefficient (Wildman–Crippen LogP) is 7.09. The maximum Gasteiger partial charge on any atom is 0.297 e. The van der Waals surface area contributed by atoms with Crippen LogP contribution in [0.3, 0.4) is 0 Å². The summed E-state index contributed by atoms with van der Waals surface area (Å²) in [6.45, 7) is 1.07. The van der Waals surface area contributed by atoms with Crippen molar-refractivity contribution in [2.45, 2.75) is 117 Å². The molecule has 1 aromatic rings. The Morgan fingerprint density at radius 1 is 0.732 bits per heavy atom. The molecular formula is C28H45Br2ClO8S2. The zero-order chi connectivity index (χ0) is 30.1. The van der Waals surface area contributed by atoms with Crippen molar-refractivity contribution < 1.29 is 35.6 Å². The van der Waals surface area contributed by atoms with E-state index in [1.54, 1.807) is 12.1 Å². The van der Waals surface area contributed by atoms with E-state index in [2.05, 4.69) is 31.9 Å². The summed E-state index contributed by atoms with van der Waals surface area (Å²) in [7, 11) is -1.76. The number of benzene rings is 1. The van der Waals surface area contributed by atoms with Gasteiger partial charge in [0.2, 0.25) is 9.05 Å². The number of alkyl halides is 1. The quantitative estimate of drug-likeness (QED) is 0.116. The summed E-state index contributed by atoms with van der Waals surface area (Å²) in [6.07, 6.45) is 16.1. The van der Waals surface area contributed by atoms with E-state index >= 15 is 0 Å². The second-order valence-corrected chi connectivity index (χ2v) is 17.3. The fourth-order valence-electron chi connectivity index (χ4n) is 5.01. The topological polar surface area (TPSA) is 116 Å². The van der Waals surface area contributed by atoms with Crippen molar-refractivity contribution in [2.75, 3.05) is 26.4 Å². The zero-order valence-electron chi connectivity index (χ0n) is 23.6. The van der Waals surface area contributed by atoms with E-state index in [0.29, 0.717) is 37.0 Å². The number of ether oxygens (including phenoxy) is 2. The SMILES string of the molecule is O=S(=O)(Cl)C1CCC(Br)CC1.O=S(=O)(OCCOC1CCCCC1)c1ccc(Br)cc1.OCCOC1CCCCC1. The number of rotatable bonds is 10. The standard InChI is InChI=1S/C14H19BrO4S.C8H16O2.C6H10BrClO2S/c15-12-6-8-14(9-7-12)20(16,17)19-11-10-18-13-4-2-1-3-5-13;9-6-7-10-8-4-2-1-3-5-8;7-5-1-3-6(4-2-5)11(8,9)10/h6-9,13H,1-5,10-11H2;8-9H,1-7H2;5-6H,1-4H2. The Kier molecular flexibility index (Phi) is 18.5. The third-order valence-electron chi connectivity index (χ3n) is 7.33. The maximum atomic E-state index is 11.9. The lowest BCUT2D eigenvalue weighted by Gasteiger charge is -2.22. The fraction of sp³-hybridized carbons (Fsp3) is 0.786. The van der Waals surface area contributed by atoms with Gasteiger partial charge in [0.1, 0.15) is 0 Å². The Balaban J connectivity index is 0.000000236. The van der Waals surface area contributed by atoms with Crippen molar-refractivity contribution in [1.29, 1.82) is 0 Å². The van der Waals surface area contributed by atoms with Gasteiger partial charge in [-0.3, -0.25) is 4.18 Å². The summed E-state index contributed by atoms with van der Waals surface area (Å²) in [5.74, 6) is 0. The predicted molar refractivity (Wildman–Crippen MR) is 170 cm³/mol. The summed E-state index contributed by atoms with van der Waals surface area (Å²) in [5, 5.41) is 8.16. The third kappa shape index (κ3) is 16.2. The number of aliphatic hydroxyl groups is 1. The van der Waals surface area contributed by atoms with Gasteiger partial charge in [-0.05, 0) is 75.6 Å². The molecule has 3 aliphatic rings. The molecule has 0 unspecified atom stereocenters. The zero-order valence-corrected chi connectivity index (χ0v) is 29.2. The molecule has 0 heterocycles. The molecule has 0 aliphatic heterocycles. The second kappa shape index (κ2) is 20.3. The smallest absolute Gasteiger partial charge is 0.297 e. The highest BCUT2D eigenvalue weighted by molar-refractivity contribution is 9.10. The summed E-state index contributed by atoms with van der Waals surface area (Å²) < 4.78 is 62.3. The van der Waals surface area contributed by atoms with Gasteiger partial charge in [0.05, 0.1) is 48.8 Å². The van der Waals surface area contributed by atoms with Crippen molar-refractivity contribution in [2.24, 2.45) is 0 Å². The minimum absolute atomic E-state index is 0.0644. The number of hydrogen-bond donors (Lipinski definition) is 1. The normalized spacial score (nSPS) is 22.6. The molecule has 8 nitrogen and oxygen atoms in total. The van der Waals surface area contributed by atoms with Gasteiger partial charge in [0.15, 0.2) is 0 Å². The van der Waals surface area contributed by atoms with Crippen molar-refractivity contribution >= 4 is 61.7 Å². The molecule has 0 spiro atoms. The first-order chi connectivity index (χ1) is 19.5. The molecule has 4 rings (SSSR count). The molecule has 0 aromatic heterocycles. The van der Waals surface area contributed by atoms with Gasteiger partial charge < -0.3 is 14.6 Å². The Morgan fingerprint density at radius 3 is 1.68 bits per heavy atom. The lowest BCUT2D eigenvalue weighted by molar-refractivity contribution is 0.00882. The molecule has 3 fully saturated rings. The highest BCUT2D eigenvalue weighted by Gasteiger charge is 2.28. The lowest BCUT2D eigenvalue weighted by atomic mass is 9.98. The van der Waals surface area contributed by atoms with E-state index in [4.69, 9.17) is 29.4 Å². The highest BCUT2D eigenvalue weighted by atomic mass is 79.9. The van der Waals surface area contributed by atoms with Crippen molar-refractivity contribution in [1.82, 2.24) is 0 Å². The van der Waals surface area contributed by atoms with Crippen LogP contribution in [0, 0.1) is 0 Å². The summed E-state index contributed by atoms with van der Waals surface area (Å²) >= 11 is 6.71. The van der Waals surface area contributed by atoms with Gasteiger partial charge in [0.25, 0.3) is 10.1 Å². The fourth-order valence-corrected chi connectivity index (χ4v) is 8.07. The molecule has 0 saturated heterocycles. The number of halogens is 3. The average Bonchev–Trinajstić information content (AvgIpc) is 2.96. The molecule has 3 aliphatic carbocycles. The van der Waals surface area contributed by atoms with Gasteiger partial charge >= 0.3 is 0 Å². The first kappa shape index (κ1) is 37.4. The van der Waals surface area contributed by atoms with Crippen molar-refractivity contribution in [3.63, 3.8) is 0 Å². The van der Waals surface area contributed by atoms with Crippen LogP contribution in [0.2, 0.25) is 0 Å². The highest BCUT2D eigenvalue weighted by Crippen LogP contribution is 2.30. The van der Waals surface area contributed by atoms with Crippen molar-refractivity contribution in [3.05, 3.63) is 28.7 Å². The molecule has 0 bridgehead atoms. The Morgan fingerprint density at radius 2 is 1.22 bits per heavy atom. The molecule has 238 valence electrons. The molecule has 13 heteroatoms. The minimum Gasteiger partial charge on any atom is -0.394 e. The maximum absolute atomic E-state index is 11.9. The van der Waals surface area contributed by atoms with E-state index < -0.39 is 19.2 Å². The monoisotopic (exact) mass is 766 g/mol. The Bertz CT molecular complexity index is 1040. The van der Waals surface area contributed by atoms with Gasteiger partial charge in [0, 0.05) is 20.0 Å². The molecule has 1 N–H and O–H groups in total. The van der Waals surface area contributed by atoms with Gasteiger partial charge in [-0.15, -0.1) is 0 Å². The number of aliphatic hydroxyl groups excluding tert-OH is 1. The van der Waals surface area contributed by atoms with Crippen LogP contribution in [0.5, 0.6) is 0 Å². The van der Waals surface area contributed by atoms with E-state index in [1.807, 2.05) is 0 Å². The third-order valence-corrected chi connectivity index (χ3v) is 12.1. The Hall–Kier alpha value is 0.210. The first-order valence-electron chi connectivity index (χ1n) is 14.6. The summed E-state index contributed by atoms with van der Waals surface area (Å²) in [4.78, 5) is 0.649. The van der Waals surface area contributed by atoms with Gasteiger partial charge in [-0.1, -0.05) is 70.4 Å². The van der Waals surface area contributed by atoms with E-state index in [9.17, 15) is 16.8 Å². The average molecular weight is 769 g/mol. The molecule has 41 heavy (non-hydrogen) atoms. The largest absolute Gasteiger partial charge is 0.394 e. The van der Waals surface area contributed by atoms with Crippen LogP contribution < -0.4 is 0 Å². The van der Waals surface area contributed by atoms with Crippen LogP contribution in [0.15, 0.2) is 33.6 Å². The molecule has 0 radical (unpaired) electrons. The van der Waals surface area contributed by atoms with Gasteiger partial charge in [-0.2, -0.15) is 8.42 Å². The molecular weight excluding hydrogens is 724 g/mol. The summed E-state index contributed by atoms with van der Waals surface area (Å²) in [6, 6.07) is 6.38. The van der Waals surface area contributed by atoms with Crippen LogP contribution in [-0.4, -0.2) is 70.7 Å². The molecule has 1 aromatic carbocycles. The van der Waals surface area contributed by atoms with Crippen molar-refractivity contribution in [3.8, 4) is 0 Å². The first-order valence-corrected chi connectivity index (χ1v) is 20.1. The van der Waals surface area contributed by atoms with Crippen LogP contribution in [0.25, 0.3) is 0 Å². The van der Waals surface area contributed by atoms with Gasteiger partial charge in [-0.25, -0.2) is 8.42 Å². The number of hydrogen-bond acceptors (Lipinski definition) is 8. The molecule has 0 atom stereocenters. The van der Waals surface area contributed by atoms with Crippen LogP contribution >= 0.6 is 42.5 Å². The second-order valence-electron chi connectivity index (χ2n) is 10.6.